The number of halogens is 1. The van der Waals surface area contributed by atoms with Crippen molar-refractivity contribution in [3.63, 3.8) is 0 Å². The highest BCUT2D eigenvalue weighted by Crippen LogP contribution is 2.36. The summed E-state index contributed by atoms with van der Waals surface area (Å²) in [5, 5.41) is 4.20. The van der Waals surface area contributed by atoms with E-state index in [1.165, 1.54) is 17.5 Å². The van der Waals surface area contributed by atoms with Crippen molar-refractivity contribution < 1.29 is 0 Å². The summed E-state index contributed by atoms with van der Waals surface area (Å²) < 4.78 is 0. The molecule has 0 saturated carbocycles. The van der Waals surface area contributed by atoms with Crippen molar-refractivity contribution in [1.82, 2.24) is 0 Å². The average Bonchev–Trinajstić information content (AvgIpc) is 2.43. The first-order valence-corrected chi connectivity index (χ1v) is 7.02. The fourth-order valence-corrected chi connectivity index (χ4v) is 3.01. The lowest BCUT2D eigenvalue weighted by Gasteiger charge is -2.28. The molecule has 3 heteroatoms. The number of rotatable bonds is 2. The van der Waals surface area contributed by atoms with Crippen LogP contribution in [-0.2, 0) is 6.42 Å². The molecule has 19 heavy (non-hydrogen) atoms. The zero-order valence-corrected chi connectivity index (χ0v) is 11.5. The van der Waals surface area contributed by atoms with Gasteiger partial charge >= 0.3 is 0 Å². The van der Waals surface area contributed by atoms with Gasteiger partial charge in [-0.1, -0.05) is 41.9 Å². The number of nitrogen functional groups attached to an aromatic ring is 1. The number of para-hydroxylation sites is 1. The topological polar surface area (TPSA) is 38.0 Å². The zero-order valence-electron chi connectivity index (χ0n) is 10.7. The number of fused-ring (bicyclic) bond motifs is 1. The molecule has 0 radical (unpaired) electrons. The SMILES string of the molecule is Nc1cccc(Cl)c1NC1CCCc2ccccc21. The fraction of sp³-hybridized carbons (Fsp3) is 0.250. The number of nitrogens with one attached hydrogen (secondary N) is 1. The molecule has 0 saturated heterocycles. The van der Waals surface area contributed by atoms with E-state index >= 15 is 0 Å². The monoisotopic (exact) mass is 272 g/mol. The normalized spacial score (nSPS) is 17.8. The Labute approximate surface area is 118 Å². The van der Waals surface area contributed by atoms with Gasteiger partial charge in [0.15, 0.2) is 0 Å². The molecule has 0 aromatic heterocycles. The number of nitrogens with two attached hydrogens (primary N) is 1. The van der Waals surface area contributed by atoms with Gasteiger partial charge in [0.2, 0.25) is 0 Å². The molecule has 0 amide bonds. The second-order valence-electron chi connectivity index (χ2n) is 4.99. The number of hydrogen-bond acceptors (Lipinski definition) is 2. The molecule has 0 fully saturated rings. The van der Waals surface area contributed by atoms with E-state index in [4.69, 9.17) is 17.3 Å². The van der Waals surface area contributed by atoms with Crippen molar-refractivity contribution in [2.75, 3.05) is 11.1 Å². The van der Waals surface area contributed by atoms with Crippen LogP contribution in [0.15, 0.2) is 42.5 Å². The molecule has 3 rings (SSSR count). The van der Waals surface area contributed by atoms with Gasteiger partial charge in [0.1, 0.15) is 0 Å². The van der Waals surface area contributed by atoms with Crippen molar-refractivity contribution in [1.29, 1.82) is 0 Å². The predicted molar refractivity (Wildman–Crippen MR) is 81.6 cm³/mol. The lowest BCUT2D eigenvalue weighted by molar-refractivity contribution is 0.600. The van der Waals surface area contributed by atoms with Crippen LogP contribution in [0.1, 0.15) is 30.0 Å². The average molecular weight is 273 g/mol. The molecular formula is C16H17ClN2. The minimum absolute atomic E-state index is 0.298. The van der Waals surface area contributed by atoms with E-state index < -0.39 is 0 Å². The molecule has 3 N–H and O–H groups in total. The number of benzene rings is 2. The van der Waals surface area contributed by atoms with E-state index in [2.05, 4.69) is 29.6 Å². The predicted octanol–water partition coefficient (Wildman–Crippen LogP) is 4.41. The molecule has 1 unspecified atom stereocenters. The Kier molecular flexibility index (Phi) is 3.34. The molecule has 0 bridgehead atoms. The van der Waals surface area contributed by atoms with Gasteiger partial charge in [-0.3, -0.25) is 0 Å². The summed E-state index contributed by atoms with van der Waals surface area (Å²) in [7, 11) is 0. The van der Waals surface area contributed by atoms with E-state index in [1.54, 1.807) is 0 Å². The standard InChI is InChI=1S/C16H17ClN2/c17-13-8-4-9-14(18)16(13)19-15-10-3-6-11-5-1-2-7-12(11)15/h1-2,4-5,7-9,15,19H,3,6,10,18H2. The van der Waals surface area contributed by atoms with Crippen LogP contribution >= 0.6 is 11.6 Å². The van der Waals surface area contributed by atoms with Gasteiger partial charge in [0.25, 0.3) is 0 Å². The Morgan fingerprint density at radius 3 is 2.79 bits per heavy atom. The summed E-state index contributed by atoms with van der Waals surface area (Å²) in [4.78, 5) is 0. The smallest absolute Gasteiger partial charge is 0.0767 e. The van der Waals surface area contributed by atoms with Gasteiger partial charge in [-0.05, 0) is 42.5 Å². The molecule has 1 atom stereocenters. The first kappa shape index (κ1) is 12.4. The summed E-state index contributed by atoms with van der Waals surface area (Å²) in [6.45, 7) is 0. The Bertz CT molecular complexity index is 575. The second kappa shape index (κ2) is 5.14. The maximum absolute atomic E-state index is 6.23. The summed E-state index contributed by atoms with van der Waals surface area (Å²) >= 11 is 6.23. The lowest BCUT2D eigenvalue weighted by atomic mass is 9.87. The first-order valence-electron chi connectivity index (χ1n) is 6.64. The first-order chi connectivity index (χ1) is 9.25. The number of aryl methyl sites for hydroxylation is 1. The maximum Gasteiger partial charge on any atom is 0.0767 e. The second-order valence-corrected chi connectivity index (χ2v) is 5.40. The van der Waals surface area contributed by atoms with Crippen molar-refractivity contribution in [2.45, 2.75) is 25.3 Å². The molecular weight excluding hydrogens is 256 g/mol. The van der Waals surface area contributed by atoms with E-state index in [-0.39, 0.29) is 0 Å². The van der Waals surface area contributed by atoms with Crippen LogP contribution in [-0.4, -0.2) is 0 Å². The molecule has 0 aliphatic heterocycles. The summed E-state index contributed by atoms with van der Waals surface area (Å²) in [6, 6.07) is 14.5. The Morgan fingerprint density at radius 1 is 1.11 bits per heavy atom. The highest BCUT2D eigenvalue weighted by molar-refractivity contribution is 6.33. The Morgan fingerprint density at radius 2 is 1.95 bits per heavy atom. The largest absolute Gasteiger partial charge is 0.397 e. The molecule has 2 nitrogen and oxygen atoms in total. The van der Waals surface area contributed by atoms with Crippen LogP contribution in [0.5, 0.6) is 0 Å². The van der Waals surface area contributed by atoms with Crippen molar-refractivity contribution >= 4 is 23.0 Å². The molecule has 0 heterocycles. The van der Waals surface area contributed by atoms with Gasteiger partial charge in [-0.2, -0.15) is 0 Å². The van der Waals surface area contributed by atoms with E-state index in [0.29, 0.717) is 16.8 Å². The number of anilines is 2. The highest BCUT2D eigenvalue weighted by atomic mass is 35.5. The molecule has 2 aromatic rings. The van der Waals surface area contributed by atoms with Gasteiger partial charge in [0, 0.05) is 0 Å². The fourth-order valence-electron chi connectivity index (χ4n) is 2.77. The maximum atomic E-state index is 6.23. The third-order valence-electron chi connectivity index (χ3n) is 3.73. The Hall–Kier alpha value is -1.67. The minimum Gasteiger partial charge on any atom is -0.397 e. The summed E-state index contributed by atoms with van der Waals surface area (Å²) in [6.07, 6.45) is 3.47. The van der Waals surface area contributed by atoms with Crippen molar-refractivity contribution in [3.05, 3.63) is 58.6 Å². The van der Waals surface area contributed by atoms with Crippen LogP contribution in [0, 0.1) is 0 Å². The van der Waals surface area contributed by atoms with Crippen molar-refractivity contribution in [3.8, 4) is 0 Å². The number of hydrogen-bond donors (Lipinski definition) is 2. The van der Waals surface area contributed by atoms with Crippen LogP contribution in [0.3, 0.4) is 0 Å². The van der Waals surface area contributed by atoms with Gasteiger partial charge in [-0.25, -0.2) is 0 Å². The quantitative estimate of drug-likeness (QED) is 0.795. The zero-order chi connectivity index (χ0) is 13.2. The van der Waals surface area contributed by atoms with Gasteiger partial charge in [-0.15, -0.1) is 0 Å². The minimum atomic E-state index is 0.298. The molecule has 1 aliphatic rings. The summed E-state index contributed by atoms with van der Waals surface area (Å²) in [5.41, 5.74) is 10.4. The van der Waals surface area contributed by atoms with E-state index in [0.717, 1.165) is 18.5 Å². The van der Waals surface area contributed by atoms with Gasteiger partial charge in [0.05, 0.1) is 22.4 Å². The van der Waals surface area contributed by atoms with E-state index in [1.807, 2.05) is 18.2 Å². The highest BCUT2D eigenvalue weighted by Gasteiger charge is 2.20. The molecule has 2 aromatic carbocycles. The third-order valence-corrected chi connectivity index (χ3v) is 4.05. The van der Waals surface area contributed by atoms with Crippen LogP contribution in [0.4, 0.5) is 11.4 Å². The van der Waals surface area contributed by atoms with Crippen LogP contribution in [0.2, 0.25) is 5.02 Å². The lowest BCUT2D eigenvalue weighted by Crippen LogP contribution is -2.18. The van der Waals surface area contributed by atoms with Crippen LogP contribution < -0.4 is 11.1 Å². The molecule has 1 aliphatic carbocycles. The van der Waals surface area contributed by atoms with Crippen LogP contribution in [0.25, 0.3) is 0 Å². The summed E-state index contributed by atoms with van der Waals surface area (Å²) in [5.74, 6) is 0. The van der Waals surface area contributed by atoms with Gasteiger partial charge < -0.3 is 11.1 Å². The molecule has 98 valence electrons. The molecule has 0 spiro atoms. The third kappa shape index (κ3) is 2.41. The van der Waals surface area contributed by atoms with E-state index in [9.17, 15) is 0 Å². The Balaban J connectivity index is 1.93. The van der Waals surface area contributed by atoms with Crippen molar-refractivity contribution in [2.24, 2.45) is 0 Å².